The van der Waals surface area contributed by atoms with Crippen LogP contribution in [0.5, 0.6) is 5.75 Å². The molecule has 1 amide bonds. The molecule has 0 spiro atoms. The molecule has 128 valence electrons. The third-order valence-corrected chi connectivity index (χ3v) is 4.11. The zero-order valence-electron chi connectivity index (χ0n) is 14.2. The maximum absolute atomic E-state index is 12.2. The van der Waals surface area contributed by atoms with E-state index >= 15 is 0 Å². The van der Waals surface area contributed by atoms with Crippen molar-refractivity contribution in [3.05, 3.63) is 24.3 Å². The van der Waals surface area contributed by atoms with Crippen LogP contribution >= 0.6 is 0 Å². The number of rotatable bonds is 8. The summed E-state index contributed by atoms with van der Waals surface area (Å²) in [6.07, 6.45) is 2.21. The Hall–Kier alpha value is -1.75. The number of hydrogen-bond donors (Lipinski definition) is 1. The highest BCUT2D eigenvalue weighted by Gasteiger charge is 2.19. The van der Waals surface area contributed by atoms with Crippen LogP contribution in [0.15, 0.2) is 24.3 Å². The van der Waals surface area contributed by atoms with Gasteiger partial charge in [0.2, 0.25) is 5.91 Å². The molecule has 5 nitrogen and oxygen atoms in total. The van der Waals surface area contributed by atoms with Crippen LogP contribution in [-0.4, -0.2) is 50.3 Å². The van der Waals surface area contributed by atoms with Crippen LogP contribution in [-0.2, 0) is 9.53 Å². The van der Waals surface area contributed by atoms with Gasteiger partial charge in [0.1, 0.15) is 12.4 Å². The fourth-order valence-corrected chi connectivity index (χ4v) is 2.61. The van der Waals surface area contributed by atoms with Crippen LogP contribution in [0.3, 0.4) is 0 Å². The standard InChI is InChI=1S/C18H28N2O3/c1-3-22-11-12-23-17-6-4-5-16(13-17)19-14-18(21)20-9-7-15(2)8-10-20/h4-6,13,15,19H,3,7-12,14H2,1-2H3. The molecule has 0 bridgehead atoms. The molecule has 1 N–H and O–H groups in total. The highest BCUT2D eigenvalue weighted by Crippen LogP contribution is 2.18. The first-order chi connectivity index (χ1) is 11.2. The smallest absolute Gasteiger partial charge is 0.241 e. The lowest BCUT2D eigenvalue weighted by Gasteiger charge is -2.30. The summed E-state index contributed by atoms with van der Waals surface area (Å²) < 4.78 is 10.9. The van der Waals surface area contributed by atoms with Crippen molar-refractivity contribution in [2.24, 2.45) is 5.92 Å². The molecule has 1 saturated heterocycles. The maximum Gasteiger partial charge on any atom is 0.241 e. The third-order valence-electron chi connectivity index (χ3n) is 4.11. The second-order valence-electron chi connectivity index (χ2n) is 5.99. The van der Waals surface area contributed by atoms with Gasteiger partial charge in [-0.1, -0.05) is 13.0 Å². The number of amides is 1. The molecule has 1 fully saturated rings. The summed E-state index contributed by atoms with van der Waals surface area (Å²) in [5.74, 6) is 1.69. The predicted molar refractivity (Wildman–Crippen MR) is 91.9 cm³/mol. The van der Waals surface area contributed by atoms with Gasteiger partial charge in [0.05, 0.1) is 13.2 Å². The largest absolute Gasteiger partial charge is 0.491 e. The zero-order chi connectivity index (χ0) is 16.5. The third kappa shape index (κ3) is 6.10. The lowest BCUT2D eigenvalue weighted by molar-refractivity contribution is -0.130. The minimum atomic E-state index is 0.166. The summed E-state index contributed by atoms with van der Waals surface area (Å²) in [6, 6.07) is 7.69. The van der Waals surface area contributed by atoms with Gasteiger partial charge in [-0.15, -0.1) is 0 Å². The molecule has 0 atom stereocenters. The number of nitrogens with zero attached hydrogens (tertiary/aromatic N) is 1. The average molecular weight is 320 g/mol. The van der Waals surface area contributed by atoms with Gasteiger partial charge in [-0.2, -0.15) is 0 Å². The monoisotopic (exact) mass is 320 g/mol. The van der Waals surface area contributed by atoms with Crippen molar-refractivity contribution in [2.75, 3.05) is 44.8 Å². The van der Waals surface area contributed by atoms with Crippen LogP contribution in [0, 0.1) is 5.92 Å². The number of likely N-dealkylation sites (tertiary alicyclic amines) is 1. The van der Waals surface area contributed by atoms with Gasteiger partial charge in [-0.25, -0.2) is 0 Å². The number of nitrogens with one attached hydrogen (secondary N) is 1. The number of carbonyl (C=O) groups is 1. The topological polar surface area (TPSA) is 50.8 Å². The van der Waals surface area contributed by atoms with Crippen molar-refractivity contribution < 1.29 is 14.3 Å². The first-order valence-electron chi connectivity index (χ1n) is 8.51. The average Bonchev–Trinajstić information content (AvgIpc) is 2.58. The molecular formula is C18H28N2O3. The van der Waals surface area contributed by atoms with Crippen LogP contribution in [0.25, 0.3) is 0 Å². The number of piperidine rings is 1. The van der Waals surface area contributed by atoms with Crippen LogP contribution in [0.1, 0.15) is 26.7 Å². The molecule has 1 aliphatic heterocycles. The quantitative estimate of drug-likeness (QED) is 0.748. The molecule has 1 aromatic rings. The molecule has 0 saturated carbocycles. The number of anilines is 1. The Morgan fingerprint density at radius 1 is 1.30 bits per heavy atom. The van der Waals surface area contributed by atoms with Crippen molar-refractivity contribution in [1.82, 2.24) is 4.90 Å². The van der Waals surface area contributed by atoms with E-state index in [1.807, 2.05) is 36.1 Å². The van der Waals surface area contributed by atoms with Gasteiger partial charge in [0.15, 0.2) is 0 Å². The molecule has 0 aliphatic carbocycles. The van der Waals surface area contributed by atoms with E-state index in [0.29, 0.717) is 26.4 Å². The van der Waals surface area contributed by atoms with Gasteiger partial charge in [0, 0.05) is 31.5 Å². The van der Waals surface area contributed by atoms with E-state index in [0.717, 1.165) is 43.3 Å². The van der Waals surface area contributed by atoms with E-state index in [4.69, 9.17) is 9.47 Å². The summed E-state index contributed by atoms with van der Waals surface area (Å²) >= 11 is 0. The SMILES string of the molecule is CCOCCOc1cccc(NCC(=O)N2CCC(C)CC2)c1. The second-order valence-corrected chi connectivity index (χ2v) is 5.99. The molecule has 1 aliphatic rings. The van der Waals surface area contributed by atoms with E-state index in [2.05, 4.69) is 12.2 Å². The molecule has 5 heteroatoms. The van der Waals surface area contributed by atoms with E-state index in [1.165, 1.54) is 0 Å². The fraction of sp³-hybridized carbons (Fsp3) is 0.611. The highest BCUT2D eigenvalue weighted by molar-refractivity contribution is 5.81. The van der Waals surface area contributed by atoms with Crippen LogP contribution < -0.4 is 10.1 Å². The summed E-state index contributed by atoms with van der Waals surface area (Å²) in [6.45, 7) is 8.10. The Bertz CT molecular complexity index is 485. The molecule has 1 aromatic carbocycles. The minimum Gasteiger partial charge on any atom is -0.491 e. The van der Waals surface area contributed by atoms with Crippen molar-refractivity contribution in [3.63, 3.8) is 0 Å². The normalized spacial score (nSPS) is 15.5. The van der Waals surface area contributed by atoms with Gasteiger partial charge in [-0.05, 0) is 37.8 Å². The molecular weight excluding hydrogens is 292 g/mol. The second kappa shape index (κ2) is 9.40. The van der Waals surface area contributed by atoms with Crippen molar-refractivity contribution in [2.45, 2.75) is 26.7 Å². The van der Waals surface area contributed by atoms with Crippen molar-refractivity contribution in [1.29, 1.82) is 0 Å². The first kappa shape index (κ1) is 17.6. The van der Waals surface area contributed by atoms with Crippen molar-refractivity contribution >= 4 is 11.6 Å². The Balaban J connectivity index is 1.75. The van der Waals surface area contributed by atoms with E-state index in [1.54, 1.807) is 0 Å². The summed E-state index contributed by atoms with van der Waals surface area (Å²) in [5, 5.41) is 3.19. The van der Waals surface area contributed by atoms with Crippen LogP contribution in [0.4, 0.5) is 5.69 Å². The number of hydrogen-bond acceptors (Lipinski definition) is 4. The first-order valence-corrected chi connectivity index (χ1v) is 8.51. The van der Waals surface area contributed by atoms with Gasteiger partial charge >= 0.3 is 0 Å². The van der Waals surface area contributed by atoms with E-state index in [9.17, 15) is 4.79 Å². The van der Waals surface area contributed by atoms with Crippen molar-refractivity contribution in [3.8, 4) is 5.75 Å². The number of carbonyl (C=O) groups excluding carboxylic acids is 1. The Morgan fingerprint density at radius 2 is 2.09 bits per heavy atom. The van der Waals surface area contributed by atoms with Gasteiger partial charge < -0.3 is 19.7 Å². The highest BCUT2D eigenvalue weighted by atomic mass is 16.5. The fourth-order valence-electron chi connectivity index (χ4n) is 2.61. The molecule has 2 rings (SSSR count). The number of ether oxygens (including phenoxy) is 2. The molecule has 0 aromatic heterocycles. The summed E-state index contributed by atoms with van der Waals surface area (Å²) in [5.41, 5.74) is 0.901. The Labute approximate surface area is 139 Å². The van der Waals surface area contributed by atoms with Gasteiger partial charge in [0.25, 0.3) is 0 Å². The predicted octanol–water partition coefficient (Wildman–Crippen LogP) is 2.77. The Morgan fingerprint density at radius 3 is 2.83 bits per heavy atom. The molecule has 0 radical (unpaired) electrons. The van der Waals surface area contributed by atoms with E-state index < -0.39 is 0 Å². The molecule has 1 heterocycles. The lowest BCUT2D eigenvalue weighted by Crippen LogP contribution is -2.40. The number of benzene rings is 1. The zero-order valence-corrected chi connectivity index (χ0v) is 14.2. The molecule has 23 heavy (non-hydrogen) atoms. The maximum atomic E-state index is 12.2. The van der Waals surface area contributed by atoms with E-state index in [-0.39, 0.29) is 5.91 Å². The minimum absolute atomic E-state index is 0.166. The van der Waals surface area contributed by atoms with Gasteiger partial charge in [-0.3, -0.25) is 4.79 Å². The lowest BCUT2D eigenvalue weighted by atomic mass is 9.99. The molecule has 0 unspecified atom stereocenters. The summed E-state index contributed by atoms with van der Waals surface area (Å²) in [7, 11) is 0. The van der Waals surface area contributed by atoms with Crippen LogP contribution in [0.2, 0.25) is 0 Å². The Kier molecular flexibility index (Phi) is 7.20. The summed E-state index contributed by atoms with van der Waals surface area (Å²) in [4.78, 5) is 14.2.